The Hall–Kier alpha value is -10.9. The first-order valence-corrected chi connectivity index (χ1v) is 33.8. The van der Waals surface area contributed by atoms with Gasteiger partial charge in [-0.1, -0.05) is 299 Å². The first-order valence-electron chi connectivity index (χ1n) is 55.3. The van der Waals surface area contributed by atoms with Crippen LogP contribution in [0, 0.1) is 13.2 Å². The number of para-hydroxylation sites is 1. The average Bonchev–Trinajstić information content (AvgIpc) is 0.657. The molecule has 0 atom stereocenters. The molecule has 3 heterocycles. The molecule has 0 bridgehead atoms. The van der Waals surface area contributed by atoms with Crippen LogP contribution in [0.25, 0.3) is 94.5 Å². The molecule has 496 valence electrons. The summed E-state index contributed by atoms with van der Waals surface area (Å²) in [5, 5.41) is -4.23. The van der Waals surface area contributed by atoms with Gasteiger partial charge in [-0.2, -0.15) is 0 Å². The Balaban J connectivity index is 1.17. The topological polar surface area (TPSA) is 35.9 Å². The van der Waals surface area contributed by atoms with Gasteiger partial charge in [0.15, 0.2) is 8.07 Å². The van der Waals surface area contributed by atoms with Crippen molar-refractivity contribution >= 4 is 61.7 Å². The molecule has 5 nitrogen and oxygen atoms in total. The minimum absolute atomic E-state index is 0.00622. The van der Waals surface area contributed by atoms with Crippen molar-refractivity contribution in [1.82, 2.24) is 14.1 Å². The summed E-state index contributed by atoms with van der Waals surface area (Å²) in [4.78, 5) is 4.70. The standard InChI is InChI=1S/C95H86N4OSi/c1-64-52-90(96-62-82(64)66-32-19-13-20-33-66)99-85-43-28-27-42-79(85)80-47-46-75(61-87(80)99)100-74-35-29-34-73(60-74)97-63-98(86-49-45-67(57-88(86)97)69-53-71(92(2,3)4)59-72(54-69)93(5,6)7)91-81(68-44-48-83-84(56-68)95(10,11)51-50-94(83,8)9)55-70(65-30-17-12-18-31-65)58-89(91)101(76-36-21-14-22-37-76,77-38-23-15-24-39-77)78-40-25-16-26-41-78/h12-49,52-62H,50-51H2,1-11H3/i1D3,8D3,9D3,10D3,11D3,12D,13D,14D,15D,16D,17D,18D,19D,20D,21D,22D,23D,24D,25D,26D,30D,31D,32D,33D,36D,37D,38D,39D,40D,41D,44D,48D,50D2,51D2,56D. The zero-order chi connectivity index (χ0) is 110. The van der Waals surface area contributed by atoms with Gasteiger partial charge in [0.2, 0.25) is 0 Å². The van der Waals surface area contributed by atoms with E-state index in [1.165, 1.54) is 53.1 Å². The smallest absolute Gasteiger partial charge is 0.269 e. The highest BCUT2D eigenvalue weighted by Crippen LogP contribution is 2.48. The van der Waals surface area contributed by atoms with E-state index in [2.05, 4.69) is 6.33 Å². The fourth-order valence-electron chi connectivity index (χ4n) is 12.9. The highest BCUT2D eigenvalue weighted by Gasteiger charge is 2.45. The van der Waals surface area contributed by atoms with Crippen LogP contribution in [0.3, 0.4) is 0 Å². The zero-order valence-electron chi connectivity index (χ0n) is 102. The minimum atomic E-state index is -7.24. The Morgan fingerprint density at radius 1 is 0.495 bits per heavy atom. The molecule has 0 N–H and O–H groups in total. The van der Waals surface area contributed by atoms with Gasteiger partial charge in [-0.05, 0) is 183 Å². The van der Waals surface area contributed by atoms with Gasteiger partial charge in [0.1, 0.15) is 17.3 Å². The van der Waals surface area contributed by atoms with Crippen LogP contribution in [0.2, 0.25) is 0 Å². The van der Waals surface area contributed by atoms with Crippen LogP contribution in [0.1, 0.15) is 174 Å². The fraction of sp³-hybridized carbons (Fsp3) is 0.179. The fourth-order valence-corrected chi connectivity index (χ4v) is 17.0. The average molecular weight is 1380 g/mol. The molecule has 16 rings (SSSR count). The van der Waals surface area contributed by atoms with Crippen molar-refractivity contribution in [3.63, 3.8) is 0 Å². The van der Waals surface area contributed by atoms with Gasteiger partial charge < -0.3 is 4.74 Å². The van der Waals surface area contributed by atoms with Crippen LogP contribution in [-0.2, 0) is 21.7 Å². The van der Waals surface area contributed by atoms with E-state index < -0.39 is 322 Å². The van der Waals surface area contributed by atoms with E-state index in [4.69, 9.17) is 22.1 Å². The van der Waals surface area contributed by atoms with Crippen LogP contribution in [0.4, 0.5) is 0 Å². The lowest BCUT2D eigenvalue weighted by Crippen LogP contribution is -2.76. The zero-order valence-corrected chi connectivity index (χ0v) is 55.8. The second-order valence-corrected chi connectivity index (χ2v) is 30.0. The molecule has 1 aliphatic carbocycles. The molecule has 1 aliphatic rings. The lowest BCUT2D eigenvalue weighted by atomic mass is 9.63. The number of pyridine rings is 1. The normalized spacial score (nSPS) is 22.1. The molecule has 12 aromatic carbocycles. The number of aromatic nitrogens is 4. The van der Waals surface area contributed by atoms with Gasteiger partial charge >= 0.3 is 0 Å². The number of rotatable bonds is 13. The van der Waals surface area contributed by atoms with E-state index in [0.717, 1.165) is 28.0 Å². The van der Waals surface area contributed by atoms with Gasteiger partial charge in [0, 0.05) is 54.6 Å². The van der Waals surface area contributed by atoms with Gasteiger partial charge in [-0.3, -0.25) is 13.7 Å². The summed E-state index contributed by atoms with van der Waals surface area (Å²) in [5.74, 6) is -0.154. The Labute approximate surface area is 662 Å². The molecule has 0 amide bonds. The highest BCUT2D eigenvalue weighted by atomic mass is 28.3. The third-order valence-corrected chi connectivity index (χ3v) is 22.1. The van der Waals surface area contributed by atoms with Gasteiger partial charge in [-0.25, -0.2) is 4.98 Å². The first kappa shape index (κ1) is 30.9. The van der Waals surface area contributed by atoms with Gasteiger partial charge in [0.25, 0.3) is 6.33 Å². The molecular weight excluding hydrogens is 1240 g/mol. The van der Waals surface area contributed by atoms with Crippen molar-refractivity contribution in [2.24, 2.45) is 0 Å². The van der Waals surface area contributed by atoms with E-state index in [1.807, 2.05) is 59.7 Å². The van der Waals surface area contributed by atoms with Crippen molar-refractivity contribution in [2.45, 2.75) is 110 Å². The second-order valence-electron chi connectivity index (χ2n) is 26.4. The number of fused-ring (bicyclic) bond motifs is 5. The lowest BCUT2D eigenvalue weighted by Gasteiger charge is -2.42. The maximum absolute atomic E-state index is 11.2. The summed E-state index contributed by atoms with van der Waals surface area (Å²) in [6.07, 6.45) is -5.74. The van der Waals surface area contributed by atoms with E-state index in [1.54, 1.807) is 47.0 Å². The molecule has 0 spiro atoms. The molecular formula is C95H86N4OSi. The van der Waals surface area contributed by atoms with E-state index in [9.17, 15) is 52.1 Å². The summed E-state index contributed by atoms with van der Waals surface area (Å²) in [6.45, 7) is -10.4. The molecule has 0 unspecified atom stereocenters. The van der Waals surface area contributed by atoms with Crippen molar-refractivity contribution in [2.75, 3.05) is 0 Å². The summed E-state index contributed by atoms with van der Waals surface area (Å²) in [5.41, 5.74) is -20.4. The molecule has 3 aromatic heterocycles. The van der Waals surface area contributed by atoms with E-state index in [0.29, 0.717) is 33.5 Å². The minimum Gasteiger partial charge on any atom is -0.458 e. The number of hydrogen-bond acceptors (Lipinski definition) is 2. The molecule has 0 fully saturated rings. The van der Waals surface area contributed by atoms with Gasteiger partial charge in [0.05, 0.1) is 71.8 Å². The summed E-state index contributed by atoms with van der Waals surface area (Å²) >= 11 is 0. The predicted octanol–water partition coefficient (Wildman–Crippen LogP) is 21.3. The first-order chi connectivity index (χ1) is 68.1. The number of nitrogens with zero attached hydrogens (tertiary/aromatic N) is 4. The van der Waals surface area contributed by atoms with Crippen molar-refractivity contribution in [3.8, 4) is 73.2 Å². The number of ether oxygens (including phenoxy) is 1. The lowest BCUT2D eigenvalue weighted by molar-refractivity contribution is -0.570. The Kier molecular flexibility index (Phi) is 7.67. The number of benzene rings is 12. The SMILES string of the molecule is [2H]c1c([2H])c([2H])c(-c2cc(-c3c([2H])c([2H])c4c(c3[2H])C(C([2H])([2H])[2H])(C([2H])([2H])[2H])C([2H])([2H])C([2H])([2H])C4(C([2H])([2H])[2H])C([2H])([2H])[2H])c(-[n+]3[c-]n(-c4cccc(Oc5ccc6c7ccccc7n(-c7cc(C([2H])([2H])[2H])c(-c8c([2H])c([2H])c([2H])c([2H])c8[2H])cn7)c6c5)c4)c4cc(-c5cc(C(C)(C)C)cc(C(C)(C)C)c5)ccc43)c([Si](c3c([2H])c([2H])c([2H])c([2H])c3[2H])(c3c([2H])c([2H])c([2H])c([2H])c3[2H])c3c([2H])c([2H])c([2H])c([2H])c3[2H])c2)c([2H])c1[2H]. The molecule has 0 radical (unpaired) electrons. The second kappa shape index (κ2) is 25.1. The summed E-state index contributed by atoms with van der Waals surface area (Å²) in [7, 11) is -7.24. The predicted molar refractivity (Wildman–Crippen MR) is 425 cm³/mol. The van der Waals surface area contributed by atoms with E-state index >= 15 is 0 Å². The third-order valence-electron chi connectivity index (χ3n) is 17.9. The summed E-state index contributed by atoms with van der Waals surface area (Å²) < 4.78 is 462. The Morgan fingerprint density at radius 2 is 1.09 bits per heavy atom. The maximum Gasteiger partial charge on any atom is 0.269 e. The molecule has 6 heteroatoms. The van der Waals surface area contributed by atoms with E-state index in [-0.39, 0.29) is 39.6 Å². The van der Waals surface area contributed by atoms with Crippen LogP contribution in [0.15, 0.2) is 297 Å². The quantitative estimate of drug-likeness (QED) is 0.0499. The Bertz CT molecular complexity index is 7880. The maximum atomic E-state index is 11.2. The highest BCUT2D eigenvalue weighted by molar-refractivity contribution is 7.20. The number of hydrogen-bond donors (Lipinski definition) is 0. The van der Waals surface area contributed by atoms with Crippen LogP contribution >= 0.6 is 0 Å². The van der Waals surface area contributed by atoms with Crippen molar-refractivity contribution in [3.05, 3.63) is 331 Å². The summed E-state index contributed by atoms with van der Waals surface area (Å²) in [6, 6.07) is -7.01. The largest absolute Gasteiger partial charge is 0.458 e. The molecule has 15 aromatic rings. The van der Waals surface area contributed by atoms with Crippen molar-refractivity contribution < 1.29 is 73.7 Å². The molecule has 0 saturated heterocycles. The monoisotopic (exact) mass is 1370 g/mol. The van der Waals surface area contributed by atoms with Gasteiger partial charge in [-0.15, -0.1) is 0 Å². The van der Waals surface area contributed by atoms with Crippen LogP contribution in [0.5, 0.6) is 11.5 Å². The van der Waals surface area contributed by atoms with Crippen LogP contribution in [-0.4, -0.2) is 22.2 Å². The van der Waals surface area contributed by atoms with Crippen LogP contribution < -0.4 is 30.1 Å². The Morgan fingerprint density at radius 3 is 1.72 bits per heavy atom. The molecule has 101 heavy (non-hydrogen) atoms. The molecule has 0 aliphatic heterocycles. The number of imidazole rings is 1. The molecule has 0 saturated carbocycles. The number of aryl methyl sites for hydroxylation is 1. The third kappa shape index (κ3) is 11.6. The van der Waals surface area contributed by atoms with Crippen molar-refractivity contribution in [1.29, 1.82) is 0 Å².